The van der Waals surface area contributed by atoms with Crippen molar-refractivity contribution in [1.29, 1.82) is 0 Å². The highest BCUT2D eigenvalue weighted by Gasteiger charge is 2.34. The molecule has 0 spiro atoms. The first-order chi connectivity index (χ1) is 20.6. The second kappa shape index (κ2) is 13.1. The standard InChI is InChI=1S/C34H35ClF2N2O3S/c1-4-42-28-18-13-23(21-9-11-22(12-10-21)32(40)34(2,36)37)19-24(28)20-39(26-16-14-25(38-3)15-17-26)33(41)31-30(35)27-7-5-6-8-29(27)43-31/h5-13,18-19,25-26,38H,4,14-17,20H2,1-3H3. The number of thiophene rings is 1. The van der Waals surface area contributed by atoms with Crippen LogP contribution in [0, 0.1) is 0 Å². The number of carbonyl (C=O) groups is 2. The Bertz CT molecular complexity index is 1610. The van der Waals surface area contributed by atoms with Crippen molar-refractivity contribution < 1.29 is 23.1 Å². The summed E-state index contributed by atoms with van der Waals surface area (Å²) < 4.78 is 34.1. The zero-order valence-corrected chi connectivity index (χ0v) is 26.0. The Morgan fingerprint density at radius 1 is 1.02 bits per heavy atom. The number of amides is 1. The fraction of sp³-hybridized carbons (Fsp3) is 0.353. The maximum Gasteiger partial charge on any atom is 0.307 e. The third kappa shape index (κ3) is 6.77. The molecule has 0 radical (unpaired) electrons. The molecule has 1 N–H and O–H groups in total. The lowest BCUT2D eigenvalue weighted by Crippen LogP contribution is -2.44. The highest BCUT2D eigenvalue weighted by Crippen LogP contribution is 2.38. The van der Waals surface area contributed by atoms with Gasteiger partial charge in [0.05, 0.1) is 11.6 Å². The number of nitrogens with zero attached hydrogens (tertiary/aromatic N) is 1. The van der Waals surface area contributed by atoms with Gasteiger partial charge >= 0.3 is 5.92 Å². The second-order valence-electron chi connectivity index (χ2n) is 11.0. The third-order valence-electron chi connectivity index (χ3n) is 8.12. The van der Waals surface area contributed by atoms with Gasteiger partial charge in [-0.25, -0.2) is 0 Å². The number of carbonyl (C=O) groups excluding carboxylic acids is 2. The van der Waals surface area contributed by atoms with Crippen molar-refractivity contribution >= 4 is 44.7 Å². The van der Waals surface area contributed by atoms with E-state index in [2.05, 4.69) is 5.32 Å². The largest absolute Gasteiger partial charge is 0.494 e. The number of ether oxygens (including phenoxy) is 1. The molecule has 1 aromatic heterocycles. The van der Waals surface area contributed by atoms with E-state index >= 15 is 0 Å². The van der Waals surface area contributed by atoms with Gasteiger partial charge in [0.1, 0.15) is 10.6 Å². The Labute approximate surface area is 259 Å². The van der Waals surface area contributed by atoms with E-state index in [0.717, 1.165) is 52.5 Å². The van der Waals surface area contributed by atoms with Crippen LogP contribution in [0.1, 0.15) is 65.1 Å². The van der Waals surface area contributed by atoms with Gasteiger partial charge in [-0.15, -0.1) is 11.3 Å². The number of nitrogens with one attached hydrogen (secondary N) is 1. The zero-order valence-electron chi connectivity index (χ0n) is 24.5. The number of halogens is 3. The minimum atomic E-state index is -3.44. The van der Waals surface area contributed by atoms with E-state index in [0.29, 0.717) is 41.8 Å². The summed E-state index contributed by atoms with van der Waals surface area (Å²) in [7, 11) is 1.97. The van der Waals surface area contributed by atoms with Crippen LogP contribution in [0.2, 0.25) is 5.02 Å². The number of Topliss-reactive ketones (excluding diaryl/α,β-unsaturated/α-hetero) is 1. The lowest BCUT2D eigenvalue weighted by Gasteiger charge is -2.37. The molecule has 3 aromatic carbocycles. The molecule has 0 unspecified atom stereocenters. The van der Waals surface area contributed by atoms with Gasteiger partial charge in [0.25, 0.3) is 5.91 Å². The summed E-state index contributed by atoms with van der Waals surface area (Å²) >= 11 is 8.20. The molecule has 1 fully saturated rings. The van der Waals surface area contributed by atoms with Crippen molar-refractivity contribution in [2.24, 2.45) is 0 Å². The van der Waals surface area contributed by atoms with Crippen molar-refractivity contribution in [1.82, 2.24) is 10.2 Å². The van der Waals surface area contributed by atoms with Crippen LogP contribution in [0.5, 0.6) is 5.75 Å². The summed E-state index contributed by atoms with van der Waals surface area (Å²) in [6.07, 6.45) is 3.65. The van der Waals surface area contributed by atoms with E-state index in [-0.39, 0.29) is 17.5 Å². The monoisotopic (exact) mass is 624 g/mol. The molecule has 1 amide bonds. The van der Waals surface area contributed by atoms with Gasteiger partial charge in [0.2, 0.25) is 5.78 Å². The normalized spacial score (nSPS) is 17.2. The molecule has 1 heterocycles. The highest BCUT2D eigenvalue weighted by atomic mass is 35.5. The molecule has 226 valence electrons. The molecule has 0 saturated heterocycles. The Kier molecular flexibility index (Phi) is 9.49. The first kappa shape index (κ1) is 31.1. The van der Waals surface area contributed by atoms with Crippen LogP contribution in [-0.4, -0.2) is 48.3 Å². The summed E-state index contributed by atoms with van der Waals surface area (Å²) in [4.78, 5) is 28.8. The third-order valence-corrected chi connectivity index (χ3v) is 9.78. The molecule has 43 heavy (non-hydrogen) atoms. The Hall–Kier alpha value is -3.33. The van der Waals surface area contributed by atoms with Crippen LogP contribution in [0.3, 0.4) is 0 Å². The number of benzene rings is 3. The molecule has 0 bridgehead atoms. The van der Waals surface area contributed by atoms with Crippen LogP contribution in [0.15, 0.2) is 66.7 Å². The summed E-state index contributed by atoms with van der Waals surface area (Å²) in [5.74, 6) is -4.08. The van der Waals surface area contributed by atoms with Crippen molar-refractivity contribution in [3.05, 3.63) is 87.8 Å². The number of ketones is 1. The van der Waals surface area contributed by atoms with Crippen LogP contribution < -0.4 is 10.1 Å². The van der Waals surface area contributed by atoms with E-state index in [4.69, 9.17) is 16.3 Å². The molecular formula is C34H35ClF2N2O3S. The summed E-state index contributed by atoms with van der Waals surface area (Å²) in [5.41, 5.74) is 2.38. The van der Waals surface area contributed by atoms with Gasteiger partial charge in [-0.3, -0.25) is 9.59 Å². The van der Waals surface area contributed by atoms with E-state index in [1.165, 1.54) is 23.5 Å². The van der Waals surface area contributed by atoms with Crippen LogP contribution >= 0.6 is 22.9 Å². The fourth-order valence-corrected chi connectivity index (χ4v) is 7.22. The quantitative estimate of drug-likeness (QED) is 0.179. The minimum Gasteiger partial charge on any atom is -0.494 e. The zero-order chi connectivity index (χ0) is 30.7. The summed E-state index contributed by atoms with van der Waals surface area (Å²) in [5, 5.41) is 4.72. The van der Waals surface area contributed by atoms with Crippen molar-refractivity contribution in [2.45, 2.75) is 64.1 Å². The SMILES string of the molecule is CCOc1ccc(-c2ccc(C(=O)C(C)(F)F)cc2)cc1CN(C(=O)c1sc2ccccc2c1Cl)C1CCC(NC)CC1. The molecule has 5 nitrogen and oxygen atoms in total. The first-order valence-electron chi connectivity index (χ1n) is 14.5. The molecule has 1 saturated carbocycles. The number of alkyl halides is 2. The van der Waals surface area contributed by atoms with Gasteiger partial charge in [-0.2, -0.15) is 8.78 Å². The number of rotatable bonds is 10. The number of hydrogen-bond acceptors (Lipinski definition) is 5. The number of hydrogen-bond donors (Lipinski definition) is 1. The maximum atomic E-state index is 14.3. The molecule has 5 rings (SSSR count). The predicted octanol–water partition coefficient (Wildman–Crippen LogP) is 8.63. The lowest BCUT2D eigenvalue weighted by atomic mass is 9.89. The molecule has 1 aliphatic carbocycles. The number of fused-ring (bicyclic) bond motifs is 1. The van der Waals surface area contributed by atoms with Gasteiger partial charge in [0.15, 0.2) is 0 Å². The van der Waals surface area contributed by atoms with Crippen molar-refractivity contribution in [2.75, 3.05) is 13.7 Å². The first-order valence-corrected chi connectivity index (χ1v) is 15.7. The summed E-state index contributed by atoms with van der Waals surface area (Å²) in [6, 6.07) is 20.1. The molecule has 9 heteroatoms. The maximum absolute atomic E-state index is 14.3. The van der Waals surface area contributed by atoms with Crippen molar-refractivity contribution in [3.63, 3.8) is 0 Å². The average molecular weight is 625 g/mol. The van der Waals surface area contributed by atoms with Crippen LogP contribution in [-0.2, 0) is 6.54 Å². The predicted molar refractivity (Wildman–Crippen MR) is 170 cm³/mol. The molecular weight excluding hydrogens is 590 g/mol. The van der Waals surface area contributed by atoms with Gasteiger partial charge in [-0.1, -0.05) is 60.1 Å². The summed E-state index contributed by atoms with van der Waals surface area (Å²) in [6.45, 7) is 3.29. The smallest absolute Gasteiger partial charge is 0.307 e. The van der Waals surface area contributed by atoms with Gasteiger partial charge < -0.3 is 15.0 Å². The Balaban J connectivity index is 1.51. The highest BCUT2D eigenvalue weighted by molar-refractivity contribution is 7.21. The van der Waals surface area contributed by atoms with E-state index < -0.39 is 11.7 Å². The average Bonchev–Trinajstić information content (AvgIpc) is 3.36. The lowest BCUT2D eigenvalue weighted by molar-refractivity contribution is 0.0221. The molecule has 4 aromatic rings. The van der Waals surface area contributed by atoms with Crippen LogP contribution in [0.25, 0.3) is 21.2 Å². The van der Waals surface area contributed by atoms with Crippen molar-refractivity contribution in [3.8, 4) is 16.9 Å². The molecule has 0 atom stereocenters. The minimum absolute atomic E-state index is 0.0255. The molecule has 1 aliphatic rings. The van der Waals surface area contributed by atoms with E-state index in [9.17, 15) is 18.4 Å². The topological polar surface area (TPSA) is 58.6 Å². The Morgan fingerprint density at radius 2 is 1.70 bits per heavy atom. The van der Waals surface area contributed by atoms with E-state index in [1.807, 2.05) is 61.3 Å². The van der Waals surface area contributed by atoms with E-state index in [1.54, 1.807) is 12.1 Å². The Morgan fingerprint density at radius 3 is 2.33 bits per heavy atom. The molecule has 0 aliphatic heterocycles. The fourth-order valence-electron chi connectivity index (χ4n) is 5.75. The van der Waals surface area contributed by atoms with Gasteiger partial charge in [0, 0.05) is 46.8 Å². The van der Waals surface area contributed by atoms with Crippen LogP contribution in [0.4, 0.5) is 8.78 Å². The van der Waals surface area contributed by atoms with Gasteiger partial charge in [-0.05, 0) is 69.0 Å². The second-order valence-corrected chi connectivity index (χ2v) is 12.4.